The molecule has 0 heterocycles. The minimum Gasteiger partial charge on any atom is -0.310 e. The van der Waals surface area contributed by atoms with Gasteiger partial charge in [0, 0.05) is 23.7 Å². The third kappa shape index (κ3) is 4.19. The highest BCUT2D eigenvalue weighted by molar-refractivity contribution is 7.89. The molecule has 2 rings (SSSR count). The molecule has 0 bridgehead atoms. The molecular weight excluding hydrogens is 308 g/mol. The van der Waals surface area contributed by atoms with Gasteiger partial charge in [0.05, 0.1) is 4.90 Å². The first kappa shape index (κ1) is 16.7. The first-order chi connectivity index (χ1) is 9.62. The maximum absolute atomic E-state index is 12.4. The molecule has 118 valence electrons. The molecule has 1 saturated carbocycles. The molecule has 0 saturated heterocycles. The van der Waals surface area contributed by atoms with Crippen LogP contribution in [0.2, 0.25) is 5.02 Å². The highest BCUT2D eigenvalue weighted by Crippen LogP contribution is 2.45. The van der Waals surface area contributed by atoms with E-state index >= 15 is 0 Å². The fraction of sp³-hybridized carbons (Fsp3) is 0.600. The highest BCUT2D eigenvalue weighted by Gasteiger charge is 2.47. The molecule has 1 aromatic rings. The van der Waals surface area contributed by atoms with E-state index in [0.717, 1.165) is 12.0 Å². The Kier molecular flexibility index (Phi) is 4.69. The van der Waals surface area contributed by atoms with Gasteiger partial charge in [-0.15, -0.1) is 0 Å². The lowest BCUT2D eigenvalue weighted by Gasteiger charge is -2.12. The van der Waals surface area contributed by atoms with E-state index in [4.69, 9.17) is 11.6 Å². The average molecular weight is 331 g/mol. The zero-order chi connectivity index (χ0) is 15.8. The maximum atomic E-state index is 12.4. The lowest BCUT2D eigenvalue weighted by Crippen LogP contribution is -2.29. The van der Waals surface area contributed by atoms with E-state index < -0.39 is 10.0 Å². The Bertz CT molecular complexity index is 627. The van der Waals surface area contributed by atoms with Crippen LogP contribution < -0.4 is 10.0 Å². The third-order valence-corrected chi connectivity index (χ3v) is 5.68. The van der Waals surface area contributed by atoms with Crippen molar-refractivity contribution in [1.29, 1.82) is 0 Å². The summed E-state index contributed by atoms with van der Waals surface area (Å²) in [7, 11) is -3.48. The number of benzene rings is 1. The summed E-state index contributed by atoms with van der Waals surface area (Å²) in [5.74, 6) is 0. The number of hydrogen-bond acceptors (Lipinski definition) is 3. The summed E-state index contributed by atoms with van der Waals surface area (Å²) >= 11 is 6.14. The van der Waals surface area contributed by atoms with Crippen molar-refractivity contribution in [2.45, 2.75) is 57.6 Å². The number of halogens is 1. The van der Waals surface area contributed by atoms with Crippen LogP contribution >= 0.6 is 11.6 Å². The number of sulfonamides is 1. The molecular formula is C15H23ClN2O2S. The third-order valence-electron chi connectivity index (χ3n) is 3.84. The fourth-order valence-electron chi connectivity index (χ4n) is 2.09. The number of nitrogens with one attached hydrogen (secondary N) is 2. The van der Waals surface area contributed by atoms with Gasteiger partial charge in [0.2, 0.25) is 10.0 Å². The van der Waals surface area contributed by atoms with E-state index in [0.29, 0.717) is 17.6 Å². The molecule has 0 spiro atoms. The first-order valence-corrected chi connectivity index (χ1v) is 9.02. The monoisotopic (exact) mass is 330 g/mol. The Hall–Kier alpha value is -0.620. The minimum absolute atomic E-state index is 0.0235. The molecule has 0 radical (unpaired) electrons. The summed E-state index contributed by atoms with van der Waals surface area (Å²) in [5, 5.41) is 3.83. The van der Waals surface area contributed by atoms with Gasteiger partial charge in [-0.25, -0.2) is 13.1 Å². The molecule has 1 aliphatic carbocycles. The van der Waals surface area contributed by atoms with Crippen LogP contribution in [0.1, 0.15) is 39.7 Å². The minimum atomic E-state index is -3.48. The lowest BCUT2D eigenvalue weighted by molar-refractivity contribution is 0.554. The fourth-order valence-corrected chi connectivity index (χ4v) is 3.73. The van der Waals surface area contributed by atoms with Crippen LogP contribution in [-0.2, 0) is 16.6 Å². The molecule has 6 heteroatoms. The molecule has 21 heavy (non-hydrogen) atoms. The van der Waals surface area contributed by atoms with E-state index in [1.165, 1.54) is 0 Å². The highest BCUT2D eigenvalue weighted by atomic mass is 35.5. The Morgan fingerprint density at radius 1 is 1.38 bits per heavy atom. The maximum Gasteiger partial charge on any atom is 0.240 e. The van der Waals surface area contributed by atoms with E-state index in [9.17, 15) is 8.42 Å². The van der Waals surface area contributed by atoms with Crippen molar-refractivity contribution >= 4 is 21.6 Å². The molecule has 0 amide bonds. The van der Waals surface area contributed by atoms with E-state index in [1.54, 1.807) is 18.2 Å². The first-order valence-electron chi connectivity index (χ1n) is 7.16. The van der Waals surface area contributed by atoms with Crippen molar-refractivity contribution in [2.24, 2.45) is 5.41 Å². The van der Waals surface area contributed by atoms with Gasteiger partial charge in [-0.1, -0.05) is 39.3 Å². The van der Waals surface area contributed by atoms with Crippen LogP contribution in [0.4, 0.5) is 0 Å². The Balaban J connectivity index is 2.17. The van der Waals surface area contributed by atoms with Gasteiger partial charge >= 0.3 is 0 Å². The van der Waals surface area contributed by atoms with Crippen molar-refractivity contribution in [3.63, 3.8) is 0 Å². The van der Waals surface area contributed by atoms with Crippen molar-refractivity contribution in [1.82, 2.24) is 10.0 Å². The van der Waals surface area contributed by atoms with Crippen LogP contribution in [-0.4, -0.2) is 20.5 Å². The summed E-state index contributed by atoms with van der Waals surface area (Å²) < 4.78 is 27.6. The standard InChI is InChI=1S/C15H23ClN2O2S/c1-10(2)17-9-11-7-12(5-6-13(11)16)21(19,20)18-14-8-15(14,3)4/h5-7,10,14,17-18H,8-9H2,1-4H3. The van der Waals surface area contributed by atoms with E-state index in [1.807, 2.05) is 13.8 Å². The van der Waals surface area contributed by atoms with Gasteiger partial charge in [-0.3, -0.25) is 0 Å². The molecule has 1 atom stereocenters. The summed E-state index contributed by atoms with van der Waals surface area (Å²) in [6.45, 7) is 8.73. The Labute approximate surface area is 132 Å². The largest absolute Gasteiger partial charge is 0.310 e. The normalized spacial score (nSPS) is 20.8. The molecule has 2 N–H and O–H groups in total. The van der Waals surface area contributed by atoms with Crippen LogP contribution in [0.5, 0.6) is 0 Å². The van der Waals surface area contributed by atoms with Gasteiger partial charge in [-0.2, -0.15) is 0 Å². The van der Waals surface area contributed by atoms with Crippen LogP contribution in [0.3, 0.4) is 0 Å². The average Bonchev–Trinajstić information content (AvgIpc) is 2.93. The smallest absolute Gasteiger partial charge is 0.240 e. The molecule has 1 fully saturated rings. The number of rotatable bonds is 6. The molecule has 1 aliphatic rings. The zero-order valence-corrected chi connectivity index (χ0v) is 14.5. The van der Waals surface area contributed by atoms with Crippen LogP contribution in [0.25, 0.3) is 0 Å². The molecule has 0 aliphatic heterocycles. The van der Waals surface area contributed by atoms with Crippen molar-refractivity contribution < 1.29 is 8.42 Å². The van der Waals surface area contributed by atoms with Gasteiger partial charge < -0.3 is 5.32 Å². The second kappa shape index (κ2) is 5.88. The predicted octanol–water partition coefficient (Wildman–Crippen LogP) is 2.91. The van der Waals surface area contributed by atoms with Gasteiger partial charge in [0.25, 0.3) is 0 Å². The topological polar surface area (TPSA) is 58.2 Å². The second-order valence-corrected chi connectivity index (χ2v) is 8.78. The molecule has 4 nitrogen and oxygen atoms in total. The predicted molar refractivity (Wildman–Crippen MR) is 85.9 cm³/mol. The quantitative estimate of drug-likeness (QED) is 0.843. The SMILES string of the molecule is CC(C)NCc1cc(S(=O)(=O)NC2CC2(C)C)ccc1Cl. The van der Waals surface area contributed by atoms with E-state index in [-0.39, 0.29) is 16.4 Å². The van der Waals surface area contributed by atoms with Crippen LogP contribution in [0, 0.1) is 5.41 Å². The lowest BCUT2D eigenvalue weighted by atomic mass is 10.2. The van der Waals surface area contributed by atoms with Crippen molar-refractivity contribution in [2.75, 3.05) is 0 Å². The second-order valence-electron chi connectivity index (χ2n) is 6.66. The summed E-state index contributed by atoms with van der Waals surface area (Å²) in [5.41, 5.74) is 0.852. The Morgan fingerprint density at radius 2 is 2.00 bits per heavy atom. The molecule has 1 aromatic carbocycles. The Morgan fingerprint density at radius 3 is 2.52 bits per heavy atom. The molecule has 0 aromatic heterocycles. The van der Waals surface area contributed by atoms with Crippen molar-refractivity contribution in [3.8, 4) is 0 Å². The summed E-state index contributed by atoms with van der Waals surface area (Å²) in [6.07, 6.45) is 0.877. The molecule has 1 unspecified atom stereocenters. The van der Waals surface area contributed by atoms with Gasteiger partial charge in [-0.05, 0) is 35.6 Å². The van der Waals surface area contributed by atoms with Gasteiger partial charge in [0.1, 0.15) is 0 Å². The van der Waals surface area contributed by atoms with E-state index in [2.05, 4.69) is 23.9 Å². The van der Waals surface area contributed by atoms with Crippen LogP contribution in [0.15, 0.2) is 23.1 Å². The summed E-state index contributed by atoms with van der Waals surface area (Å²) in [4.78, 5) is 0.273. The summed E-state index contributed by atoms with van der Waals surface area (Å²) in [6, 6.07) is 5.18. The van der Waals surface area contributed by atoms with Gasteiger partial charge in [0.15, 0.2) is 0 Å². The zero-order valence-electron chi connectivity index (χ0n) is 12.9. The number of hydrogen-bond donors (Lipinski definition) is 2. The van der Waals surface area contributed by atoms with Crippen molar-refractivity contribution in [3.05, 3.63) is 28.8 Å².